The molecule has 0 fully saturated rings. The van der Waals surface area contributed by atoms with Crippen LogP contribution in [0.2, 0.25) is 0 Å². The summed E-state index contributed by atoms with van der Waals surface area (Å²) in [5.74, 6) is 0. The molecular formula is C26H48N2O2. The van der Waals surface area contributed by atoms with Crippen molar-refractivity contribution in [3.8, 4) is 0 Å². The largest absolute Gasteiger partial charge is 0.383 e. The maximum Gasteiger partial charge on any atom is 0.253 e. The highest BCUT2D eigenvalue weighted by molar-refractivity contribution is 5.74. The van der Waals surface area contributed by atoms with Crippen molar-refractivity contribution in [1.82, 2.24) is 0 Å². The van der Waals surface area contributed by atoms with E-state index in [9.17, 15) is 9.59 Å². The summed E-state index contributed by atoms with van der Waals surface area (Å²) in [5.41, 5.74) is 0.303. The molecule has 174 valence electrons. The van der Waals surface area contributed by atoms with E-state index < -0.39 is 10.9 Å². The fourth-order valence-electron chi connectivity index (χ4n) is 5.61. The molecule has 4 heteroatoms. The van der Waals surface area contributed by atoms with Gasteiger partial charge in [0.1, 0.15) is 11.4 Å². The zero-order valence-electron chi connectivity index (χ0n) is 21.1. The van der Waals surface area contributed by atoms with Gasteiger partial charge in [-0.1, -0.05) is 79.6 Å². The molecule has 0 spiro atoms. The molecule has 1 aromatic carbocycles. The molecular weight excluding hydrogens is 372 g/mol. The molecule has 30 heavy (non-hydrogen) atoms. The van der Waals surface area contributed by atoms with Gasteiger partial charge in [0.2, 0.25) is 0 Å². The Bertz CT molecular complexity index is 713. The molecule has 0 aliphatic heterocycles. The Morgan fingerprint density at radius 2 is 1.23 bits per heavy atom. The maximum atomic E-state index is 12.0. The van der Waals surface area contributed by atoms with Gasteiger partial charge < -0.3 is 10.6 Å². The van der Waals surface area contributed by atoms with E-state index in [2.05, 4.69) is 59.1 Å². The zero-order valence-corrected chi connectivity index (χ0v) is 21.1. The Kier molecular flexibility index (Phi) is 10.1. The summed E-state index contributed by atoms with van der Waals surface area (Å²) in [6.45, 7) is 16.0. The van der Waals surface area contributed by atoms with E-state index in [-0.39, 0.29) is 11.0 Å². The molecule has 0 saturated heterocycles. The van der Waals surface area contributed by atoms with Crippen LogP contribution in [0.1, 0.15) is 119 Å². The molecule has 4 nitrogen and oxygen atoms in total. The van der Waals surface area contributed by atoms with Crippen molar-refractivity contribution in [3.05, 3.63) is 20.4 Å². The fourth-order valence-corrected chi connectivity index (χ4v) is 5.61. The number of hydrogen-bond donors (Lipinski definition) is 2. The van der Waals surface area contributed by atoms with Crippen molar-refractivity contribution >= 4 is 11.4 Å². The standard InChI is InChI=1S/C26H48N2O2/c1-9-11-13-14-15-17-26(7,16-12-10-2)19-24(3,4)18-25(5,6)28-21-20(27-8)22(29)23(21)30/h27-28H,9-19H2,1-8H3. The Morgan fingerprint density at radius 1 is 0.700 bits per heavy atom. The van der Waals surface area contributed by atoms with Crippen molar-refractivity contribution in [2.24, 2.45) is 10.8 Å². The van der Waals surface area contributed by atoms with Gasteiger partial charge >= 0.3 is 0 Å². The van der Waals surface area contributed by atoms with Crippen LogP contribution in [0.5, 0.6) is 0 Å². The Labute approximate surface area is 185 Å². The molecule has 1 unspecified atom stereocenters. The minimum atomic E-state index is -0.412. The lowest BCUT2D eigenvalue weighted by Crippen LogP contribution is -2.44. The first-order valence-corrected chi connectivity index (χ1v) is 12.2. The van der Waals surface area contributed by atoms with E-state index in [1.807, 2.05) is 0 Å². The highest BCUT2D eigenvalue weighted by Gasteiger charge is 2.37. The molecule has 2 N–H and O–H groups in total. The van der Waals surface area contributed by atoms with Crippen molar-refractivity contribution < 1.29 is 0 Å². The normalized spacial score (nSPS) is 14.7. The molecule has 0 amide bonds. The zero-order chi connectivity index (χ0) is 23.0. The second kappa shape index (κ2) is 11.3. The van der Waals surface area contributed by atoms with Crippen molar-refractivity contribution in [2.75, 3.05) is 17.7 Å². The van der Waals surface area contributed by atoms with Crippen LogP contribution >= 0.6 is 0 Å². The highest BCUT2D eigenvalue weighted by Crippen LogP contribution is 2.45. The molecule has 1 atom stereocenters. The van der Waals surface area contributed by atoms with E-state index in [0.717, 1.165) is 6.42 Å². The summed E-state index contributed by atoms with van der Waals surface area (Å²) in [7, 11) is 1.69. The summed E-state index contributed by atoms with van der Waals surface area (Å²) in [6.07, 6.45) is 13.9. The summed E-state index contributed by atoms with van der Waals surface area (Å²) in [6, 6.07) is 0. The Hall–Kier alpha value is -1.32. The van der Waals surface area contributed by atoms with Gasteiger partial charge in [0.15, 0.2) is 0 Å². The fraction of sp³-hybridized carbons (Fsp3) is 0.846. The first-order valence-electron chi connectivity index (χ1n) is 12.2. The third-order valence-corrected chi connectivity index (χ3v) is 6.47. The van der Waals surface area contributed by atoms with Gasteiger partial charge in [-0.2, -0.15) is 0 Å². The van der Waals surface area contributed by atoms with Crippen molar-refractivity contribution in [1.29, 1.82) is 0 Å². The van der Waals surface area contributed by atoms with E-state index in [1.165, 1.54) is 64.2 Å². The van der Waals surface area contributed by atoms with Gasteiger partial charge in [-0.25, -0.2) is 0 Å². The molecule has 0 heterocycles. The van der Waals surface area contributed by atoms with Crippen molar-refractivity contribution in [2.45, 2.75) is 125 Å². The SMILES string of the molecule is CCCCCCCC(C)(CCCC)CC(C)(C)CC(C)(C)Nc1c(NC)c(=O)c1=O. The smallest absolute Gasteiger partial charge is 0.253 e. The molecule has 1 aromatic rings. The average Bonchev–Trinajstić information content (AvgIpc) is 2.64. The van der Waals surface area contributed by atoms with Gasteiger partial charge in [-0.3, -0.25) is 9.59 Å². The van der Waals surface area contributed by atoms with Crippen LogP contribution in [0.25, 0.3) is 0 Å². The number of unbranched alkanes of at least 4 members (excludes halogenated alkanes) is 5. The summed E-state index contributed by atoms with van der Waals surface area (Å²) in [5, 5.41) is 6.23. The van der Waals surface area contributed by atoms with Crippen LogP contribution in [-0.4, -0.2) is 12.6 Å². The lowest BCUT2D eigenvalue weighted by Gasteiger charge is -2.42. The third kappa shape index (κ3) is 8.07. The number of rotatable bonds is 16. The predicted molar refractivity (Wildman–Crippen MR) is 133 cm³/mol. The number of anilines is 2. The Balaban J connectivity index is 2.80. The lowest BCUT2D eigenvalue weighted by atomic mass is 9.65. The van der Waals surface area contributed by atoms with Crippen LogP contribution in [0.15, 0.2) is 9.59 Å². The molecule has 0 aliphatic rings. The van der Waals surface area contributed by atoms with Gasteiger partial charge in [-0.15, -0.1) is 0 Å². The van der Waals surface area contributed by atoms with Crippen LogP contribution in [-0.2, 0) is 0 Å². The minimum absolute atomic E-state index is 0.138. The second-order valence-corrected chi connectivity index (χ2v) is 11.3. The first-order chi connectivity index (χ1) is 13.9. The predicted octanol–water partition coefficient (Wildman–Crippen LogP) is 6.88. The number of hydrogen-bond acceptors (Lipinski definition) is 4. The van der Waals surface area contributed by atoms with Crippen LogP contribution in [0.4, 0.5) is 11.4 Å². The van der Waals surface area contributed by atoms with E-state index in [0.29, 0.717) is 16.8 Å². The summed E-state index contributed by atoms with van der Waals surface area (Å²) < 4.78 is 0. The molecule has 1 rings (SSSR count). The average molecular weight is 421 g/mol. The van der Waals surface area contributed by atoms with Crippen LogP contribution < -0.4 is 21.5 Å². The monoisotopic (exact) mass is 420 g/mol. The highest BCUT2D eigenvalue weighted by atomic mass is 16.2. The van der Waals surface area contributed by atoms with Crippen LogP contribution in [0.3, 0.4) is 0 Å². The third-order valence-electron chi connectivity index (χ3n) is 6.47. The van der Waals surface area contributed by atoms with E-state index in [4.69, 9.17) is 0 Å². The molecule has 0 aliphatic carbocycles. The quantitative estimate of drug-likeness (QED) is 0.226. The molecule has 0 aromatic heterocycles. The van der Waals surface area contributed by atoms with Gasteiger partial charge in [-0.05, 0) is 50.4 Å². The Morgan fingerprint density at radius 3 is 1.80 bits per heavy atom. The first kappa shape index (κ1) is 26.7. The summed E-state index contributed by atoms with van der Waals surface area (Å²) >= 11 is 0. The lowest BCUT2D eigenvalue weighted by molar-refractivity contribution is 0.122. The number of nitrogens with one attached hydrogen (secondary N) is 2. The van der Waals surface area contributed by atoms with Crippen LogP contribution in [0, 0.1) is 10.8 Å². The topological polar surface area (TPSA) is 58.2 Å². The van der Waals surface area contributed by atoms with E-state index in [1.54, 1.807) is 7.05 Å². The van der Waals surface area contributed by atoms with Crippen molar-refractivity contribution in [3.63, 3.8) is 0 Å². The molecule has 0 bridgehead atoms. The van der Waals surface area contributed by atoms with Gasteiger partial charge in [0.25, 0.3) is 10.9 Å². The minimum Gasteiger partial charge on any atom is -0.383 e. The summed E-state index contributed by atoms with van der Waals surface area (Å²) in [4.78, 5) is 23.7. The van der Waals surface area contributed by atoms with E-state index >= 15 is 0 Å². The molecule has 0 radical (unpaired) electrons. The maximum absolute atomic E-state index is 12.0. The van der Waals surface area contributed by atoms with Gasteiger partial charge in [0.05, 0.1) is 0 Å². The molecule has 0 saturated carbocycles. The van der Waals surface area contributed by atoms with Gasteiger partial charge in [0, 0.05) is 12.6 Å². The second-order valence-electron chi connectivity index (χ2n) is 11.3.